The zero-order chi connectivity index (χ0) is 16.4. The Balaban J connectivity index is 2.01. The summed E-state index contributed by atoms with van der Waals surface area (Å²) in [6.45, 7) is 0.737. The van der Waals surface area contributed by atoms with Gasteiger partial charge in [0.05, 0.1) is 23.4 Å². The van der Waals surface area contributed by atoms with Gasteiger partial charge in [-0.3, -0.25) is 4.79 Å². The van der Waals surface area contributed by atoms with E-state index in [2.05, 4.69) is 21.0 Å². The van der Waals surface area contributed by atoms with Crippen molar-refractivity contribution in [3.63, 3.8) is 0 Å². The molecule has 1 atom stereocenters. The molecule has 2 aromatic rings. The van der Waals surface area contributed by atoms with Crippen molar-refractivity contribution in [1.82, 2.24) is 9.78 Å². The van der Waals surface area contributed by atoms with Crippen molar-refractivity contribution in [2.75, 3.05) is 19.5 Å². The number of rotatable bonds is 4. The summed E-state index contributed by atoms with van der Waals surface area (Å²) in [4.78, 5) is 11.4. The van der Waals surface area contributed by atoms with Gasteiger partial charge in [-0.1, -0.05) is 23.4 Å². The number of hydrogen-bond acceptors (Lipinski definition) is 5. The lowest BCUT2D eigenvalue weighted by molar-refractivity contribution is -0.137. The molecule has 0 amide bonds. The van der Waals surface area contributed by atoms with Crippen LogP contribution in [0.5, 0.6) is 0 Å². The van der Waals surface area contributed by atoms with Crippen molar-refractivity contribution in [3.05, 3.63) is 21.6 Å². The van der Waals surface area contributed by atoms with Gasteiger partial charge in [0.25, 0.3) is 0 Å². The predicted molar refractivity (Wildman–Crippen MR) is 94.0 cm³/mol. The number of benzene rings is 1. The number of fused-ring (bicyclic) bond motifs is 1. The number of esters is 1. The summed E-state index contributed by atoms with van der Waals surface area (Å²) in [7, 11) is 1.38. The van der Waals surface area contributed by atoms with Crippen molar-refractivity contribution in [2.24, 2.45) is 0 Å². The topological polar surface area (TPSA) is 53.3 Å². The second kappa shape index (κ2) is 7.42. The molecule has 1 aliphatic rings. The average molecular weight is 420 g/mol. The summed E-state index contributed by atoms with van der Waals surface area (Å²) in [6.07, 6.45) is 3.02. The molecule has 0 radical (unpaired) electrons. The van der Waals surface area contributed by atoms with Crippen LogP contribution < -0.4 is 0 Å². The first kappa shape index (κ1) is 17.1. The highest BCUT2D eigenvalue weighted by Crippen LogP contribution is 2.36. The molecule has 2 heterocycles. The van der Waals surface area contributed by atoms with Gasteiger partial charge in [-0.25, -0.2) is 4.68 Å². The number of thioether (sulfide) groups is 1. The summed E-state index contributed by atoms with van der Waals surface area (Å²) in [5.41, 5.74) is 0.914. The molecule has 3 rings (SSSR count). The van der Waals surface area contributed by atoms with Crippen LogP contribution in [0.4, 0.5) is 0 Å². The van der Waals surface area contributed by atoms with Crippen LogP contribution in [0.3, 0.4) is 0 Å². The lowest BCUT2D eigenvalue weighted by Crippen LogP contribution is -2.19. The molecule has 5 nitrogen and oxygen atoms in total. The minimum Gasteiger partial charge on any atom is -0.468 e. The van der Waals surface area contributed by atoms with E-state index in [0.717, 1.165) is 46.3 Å². The zero-order valence-electron chi connectivity index (χ0n) is 12.6. The molecule has 0 spiro atoms. The third kappa shape index (κ3) is 3.68. The molecule has 8 heteroatoms. The highest BCUT2D eigenvalue weighted by Gasteiger charge is 2.22. The number of methoxy groups -OCH3 is 1. The van der Waals surface area contributed by atoms with Gasteiger partial charge in [0, 0.05) is 16.5 Å². The summed E-state index contributed by atoms with van der Waals surface area (Å²) >= 11 is 11.1. The molecule has 1 aromatic carbocycles. The van der Waals surface area contributed by atoms with E-state index in [0.29, 0.717) is 5.02 Å². The highest BCUT2D eigenvalue weighted by atomic mass is 79.9. The summed E-state index contributed by atoms with van der Waals surface area (Å²) < 4.78 is 13.2. The molecule has 1 fully saturated rings. The molecule has 1 aliphatic heterocycles. The first-order valence-electron chi connectivity index (χ1n) is 7.28. The largest absolute Gasteiger partial charge is 0.468 e. The molecule has 23 heavy (non-hydrogen) atoms. The normalized spacial score (nSPS) is 18.3. The maximum Gasteiger partial charge on any atom is 0.316 e. The monoisotopic (exact) mass is 418 g/mol. The molecular formula is C15H16BrClN2O3S. The van der Waals surface area contributed by atoms with Gasteiger partial charge < -0.3 is 9.47 Å². The van der Waals surface area contributed by atoms with E-state index >= 15 is 0 Å². The Morgan fingerprint density at radius 1 is 1.57 bits per heavy atom. The van der Waals surface area contributed by atoms with E-state index in [-0.39, 0.29) is 18.0 Å². The summed E-state index contributed by atoms with van der Waals surface area (Å²) in [5, 5.41) is 7.02. The third-order valence-corrected chi connectivity index (χ3v) is 5.85. The van der Waals surface area contributed by atoms with Crippen molar-refractivity contribution in [1.29, 1.82) is 0 Å². The molecular weight excluding hydrogens is 404 g/mol. The first-order valence-corrected chi connectivity index (χ1v) is 9.44. The molecule has 1 aromatic heterocycles. The third-order valence-electron chi connectivity index (χ3n) is 3.70. The Morgan fingerprint density at radius 2 is 2.39 bits per heavy atom. The fourth-order valence-corrected chi connectivity index (χ4v) is 3.87. The lowest BCUT2D eigenvalue weighted by Gasteiger charge is -2.23. The van der Waals surface area contributed by atoms with Crippen molar-refractivity contribution in [2.45, 2.75) is 30.5 Å². The molecule has 1 saturated heterocycles. The maximum atomic E-state index is 11.4. The lowest BCUT2D eigenvalue weighted by atomic mass is 10.2. The van der Waals surface area contributed by atoms with Crippen LogP contribution in [-0.2, 0) is 14.3 Å². The molecule has 0 bridgehead atoms. The number of hydrogen-bond donors (Lipinski definition) is 0. The number of carbonyl (C=O) groups excluding carboxylic acids is 1. The Bertz CT molecular complexity index is 731. The minimum atomic E-state index is -0.278. The summed E-state index contributed by atoms with van der Waals surface area (Å²) in [6, 6.07) is 3.82. The molecule has 0 aliphatic carbocycles. The number of halogens is 2. The van der Waals surface area contributed by atoms with Crippen LogP contribution in [0.1, 0.15) is 25.5 Å². The van der Waals surface area contributed by atoms with Gasteiger partial charge >= 0.3 is 5.97 Å². The van der Waals surface area contributed by atoms with Gasteiger partial charge in [0.1, 0.15) is 5.03 Å². The number of nitrogens with zero attached hydrogens (tertiary/aromatic N) is 2. The van der Waals surface area contributed by atoms with Crippen molar-refractivity contribution in [3.8, 4) is 0 Å². The van der Waals surface area contributed by atoms with Gasteiger partial charge in [-0.2, -0.15) is 5.10 Å². The number of aromatic nitrogens is 2. The van der Waals surface area contributed by atoms with Crippen LogP contribution in [0, 0.1) is 0 Å². The number of carbonyl (C=O) groups is 1. The predicted octanol–water partition coefficient (Wildman–Crippen LogP) is 4.42. The average Bonchev–Trinajstić information content (AvgIpc) is 2.91. The second-order valence-electron chi connectivity index (χ2n) is 5.22. The van der Waals surface area contributed by atoms with Gasteiger partial charge in [-0.15, -0.1) is 0 Å². The van der Waals surface area contributed by atoms with Crippen LogP contribution in [-0.4, -0.2) is 35.2 Å². The molecule has 1 unspecified atom stereocenters. The van der Waals surface area contributed by atoms with E-state index in [9.17, 15) is 4.79 Å². The van der Waals surface area contributed by atoms with Crippen LogP contribution in [0.25, 0.3) is 10.9 Å². The van der Waals surface area contributed by atoms with Crippen molar-refractivity contribution < 1.29 is 14.3 Å². The van der Waals surface area contributed by atoms with E-state index in [1.807, 2.05) is 16.8 Å². The highest BCUT2D eigenvalue weighted by molar-refractivity contribution is 9.10. The quantitative estimate of drug-likeness (QED) is 0.542. The Labute approximate surface area is 151 Å². The fraction of sp³-hybridized carbons (Fsp3) is 0.467. The van der Waals surface area contributed by atoms with Gasteiger partial charge in [0.15, 0.2) is 6.23 Å². The van der Waals surface area contributed by atoms with E-state index < -0.39 is 0 Å². The maximum absolute atomic E-state index is 11.4. The Kier molecular flexibility index (Phi) is 5.51. The van der Waals surface area contributed by atoms with Crippen molar-refractivity contribution >= 4 is 56.2 Å². The van der Waals surface area contributed by atoms with E-state index in [1.54, 1.807) is 0 Å². The first-order chi connectivity index (χ1) is 11.1. The molecule has 0 N–H and O–H groups in total. The van der Waals surface area contributed by atoms with Crippen LogP contribution in [0.2, 0.25) is 5.02 Å². The Hall–Kier alpha value is -0.760. The van der Waals surface area contributed by atoms with Crippen LogP contribution >= 0.6 is 39.3 Å². The molecule has 124 valence electrons. The van der Waals surface area contributed by atoms with E-state index in [4.69, 9.17) is 21.1 Å². The molecule has 0 saturated carbocycles. The van der Waals surface area contributed by atoms with Gasteiger partial charge in [-0.05, 0) is 47.3 Å². The second-order valence-corrected chi connectivity index (χ2v) is 7.44. The van der Waals surface area contributed by atoms with Crippen LogP contribution in [0.15, 0.2) is 21.6 Å². The van der Waals surface area contributed by atoms with E-state index in [1.165, 1.54) is 18.9 Å². The van der Waals surface area contributed by atoms with Gasteiger partial charge in [0.2, 0.25) is 0 Å². The zero-order valence-corrected chi connectivity index (χ0v) is 15.7. The standard InChI is InChI=1S/C15H16BrClN2O3S/c1-21-14(20)8-23-15-9-6-10(16)11(17)7-12(9)19(18-15)13-4-2-3-5-22-13/h6-7,13H,2-5,8H2,1H3. The number of ether oxygens (including phenoxy) is 2. The summed E-state index contributed by atoms with van der Waals surface area (Å²) in [5.74, 6) is -0.0615. The minimum absolute atomic E-state index is 0.0871. The Morgan fingerprint density at radius 3 is 3.09 bits per heavy atom. The SMILES string of the molecule is COC(=O)CSc1nn(C2CCCCO2)c2cc(Cl)c(Br)cc12. The smallest absolute Gasteiger partial charge is 0.316 e. The fourth-order valence-electron chi connectivity index (χ4n) is 2.53.